The molecule has 0 aliphatic carbocycles. The number of methoxy groups -OCH3 is 2. The first kappa shape index (κ1) is 13.4. The highest BCUT2D eigenvalue weighted by atomic mass is 16.7. The normalized spacial score (nSPS) is 23.5. The fraction of sp³-hybridized carbons (Fsp3) is 0.909. The molecule has 1 aliphatic heterocycles. The zero-order chi connectivity index (χ0) is 12.4. The largest absolute Gasteiger partial charge is 0.481 e. The summed E-state index contributed by atoms with van der Waals surface area (Å²) in [5.74, 6) is -1.28. The van der Waals surface area contributed by atoms with Gasteiger partial charge in [-0.15, -0.1) is 0 Å². The Kier molecular flexibility index (Phi) is 3.93. The average Bonchev–Trinajstić information content (AvgIpc) is 2.22. The van der Waals surface area contributed by atoms with Gasteiger partial charge in [-0.2, -0.15) is 0 Å². The number of aliphatic carboxylic acids is 1. The van der Waals surface area contributed by atoms with Crippen molar-refractivity contribution in [3.8, 4) is 0 Å². The number of rotatable bonds is 6. The van der Waals surface area contributed by atoms with Gasteiger partial charge < -0.3 is 14.6 Å². The Morgan fingerprint density at radius 2 is 1.94 bits per heavy atom. The van der Waals surface area contributed by atoms with Crippen molar-refractivity contribution in [2.24, 2.45) is 5.41 Å². The van der Waals surface area contributed by atoms with Crippen LogP contribution in [0.2, 0.25) is 0 Å². The fourth-order valence-corrected chi connectivity index (χ4v) is 1.91. The highest BCUT2D eigenvalue weighted by molar-refractivity contribution is 5.74. The van der Waals surface area contributed by atoms with E-state index in [0.717, 1.165) is 0 Å². The molecule has 94 valence electrons. The van der Waals surface area contributed by atoms with Crippen LogP contribution in [-0.4, -0.2) is 55.6 Å². The van der Waals surface area contributed by atoms with Crippen LogP contribution in [0.25, 0.3) is 0 Å². The van der Waals surface area contributed by atoms with Gasteiger partial charge in [0.15, 0.2) is 5.79 Å². The number of carboxylic acid groups (broad SMARTS) is 1. The van der Waals surface area contributed by atoms with Crippen LogP contribution in [-0.2, 0) is 14.3 Å². The number of carbonyl (C=O) groups is 1. The molecule has 0 aromatic carbocycles. The summed E-state index contributed by atoms with van der Waals surface area (Å²) in [6.07, 6.45) is 0.617. The minimum Gasteiger partial charge on any atom is -0.481 e. The van der Waals surface area contributed by atoms with E-state index in [2.05, 4.69) is 0 Å². The molecule has 1 saturated heterocycles. The zero-order valence-corrected chi connectivity index (χ0v) is 10.4. The van der Waals surface area contributed by atoms with Gasteiger partial charge in [0.2, 0.25) is 0 Å². The molecule has 0 bridgehead atoms. The summed E-state index contributed by atoms with van der Waals surface area (Å²) in [5, 5.41) is 9.16. The van der Waals surface area contributed by atoms with Gasteiger partial charge in [0, 0.05) is 20.8 Å². The van der Waals surface area contributed by atoms with Gasteiger partial charge in [-0.25, -0.2) is 0 Å². The van der Waals surface area contributed by atoms with E-state index in [1.54, 1.807) is 21.1 Å². The molecular formula is C11H21NO4. The van der Waals surface area contributed by atoms with Crippen molar-refractivity contribution >= 4 is 5.97 Å². The predicted molar refractivity (Wildman–Crippen MR) is 59.2 cm³/mol. The summed E-state index contributed by atoms with van der Waals surface area (Å²) in [6, 6.07) is 0. The Morgan fingerprint density at radius 1 is 1.44 bits per heavy atom. The van der Waals surface area contributed by atoms with Gasteiger partial charge in [-0.05, 0) is 13.3 Å². The van der Waals surface area contributed by atoms with Crippen molar-refractivity contribution in [2.75, 3.05) is 33.9 Å². The molecule has 0 aromatic heterocycles. The predicted octanol–water partition coefficient (Wildman–Crippen LogP) is 0.792. The van der Waals surface area contributed by atoms with Crippen molar-refractivity contribution < 1.29 is 19.4 Å². The van der Waals surface area contributed by atoms with Gasteiger partial charge in [0.25, 0.3) is 0 Å². The first-order chi connectivity index (χ1) is 7.41. The van der Waals surface area contributed by atoms with Crippen LogP contribution in [0, 0.1) is 5.41 Å². The van der Waals surface area contributed by atoms with Crippen LogP contribution in [0.3, 0.4) is 0 Å². The van der Waals surface area contributed by atoms with E-state index in [0.29, 0.717) is 26.1 Å². The SMILES string of the molecule is CCC(C)(CN1CC(OC)(OC)C1)C(=O)O. The van der Waals surface area contributed by atoms with E-state index < -0.39 is 17.2 Å². The number of likely N-dealkylation sites (tertiary alicyclic amines) is 1. The van der Waals surface area contributed by atoms with E-state index in [1.165, 1.54) is 0 Å². The first-order valence-electron chi connectivity index (χ1n) is 5.47. The van der Waals surface area contributed by atoms with Gasteiger partial charge in [0.1, 0.15) is 0 Å². The lowest BCUT2D eigenvalue weighted by Gasteiger charge is -2.49. The van der Waals surface area contributed by atoms with Crippen molar-refractivity contribution in [2.45, 2.75) is 26.1 Å². The molecule has 5 nitrogen and oxygen atoms in total. The summed E-state index contributed by atoms with van der Waals surface area (Å²) >= 11 is 0. The van der Waals surface area contributed by atoms with Crippen LogP contribution in [0.4, 0.5) is 0 Å². The van der Waals surface area contributed by atoms with Crippen molar-refractivity contribution in [3.05, 3.63) is 0 Å². The molecule has 0 radical (unpaired) electrons. The van der Waals surface area contributed by atoms with Crippen molar-refractivity contribution in [3.63, 3.8) is 0 Å². The second kappa shape index (κ2) is 4.69. The topological polar surface area (TPSA) is 59.0 Å². The molecule has 0 saturated carbocycles. The minimum absolute atomic E-state index is 0.535. The number of ether oxygens (including phenoxy) is 2. The number of nitrogens with zero attached hydrogens (tertiary/aromatic N) is 1. The van der Waals surface area contributed by atoms with Crippen LogP contribution < -0.4 is 0 Å². The number of hydrogen-bond donors (Lipinski definition) is 1. The van der Waals surface area contributed by atoms with Crippen LogP contribution >= 0.6 is 0 Å². The van der Waals surface area contributed by atoms with E-state index in [4.69, 9.17) is 14.6 Å². The summed E-state index contributed by atoms with van der Waals surface area (Å²) in [4.78, 5) is 13.2. The standard InChI is InChI=1S/C11H21NO4/c1-5-10(2,9(13)14)6-12-7-11(8-12,15-3)16-4/h5-8H2,1-4H3,(H,13,14). The third kappa shape index (κ3) is 2.36. The van der Waals surface area contributed by atoms with Crippen LogP contribution in [0.5, 0.6) is 0 Å². The van der Waals surface area contributed by atoms with E-state index in [1.807, 2.05) is 11.8 Å². The van der Waals surface area contributed by atoms with Crippen LogP contribution in [0.1, 0.15) is 20.3 Å². The minimum atomic E-state index is -0.748. The molecule has 1 fully saturated rings. The molecule has 1 N–H and O–H groups in total. The Labute approximate surface area is 96.3 Å². The Bertz CT molecular complexity index is 257. The molecule has 0 aromatic rings. The number of hydrogen-bond acceptors (Lipinski definition) is 4. The highest BCUT2D eigenvalue weighted by Gasteiger charge is 2.47. The van der Waals surface area contributed by atoms with Gasteiger partial charge in [0.05, 0.1) is 18.5 Å². The maximum absolute atomic E-state index is 11.1. The molecule has 1 rings (SSSR count). The summed E-state index contributed by atoms with van der Waals surface area (Å²) in [5.41, 5.74) is -0.687. The van der Waals surface area contributed by atoms with Gasteiger partial charge in [-0.1, -0.05) is 6.92 Å². The maximum atomic E-state index is 11.1. The molecule has 1 aliphatic rings. The molecule has 5 heteroatoms. The lowest BCUT2D eigenvalue weighted by Crippen LogP contribution is -2.65. The molecule has 0 amide bonds. The van der Waals surface area contributed by atoms with Crippen molar-refractivity contribution in [1.82, 2.24) is 4.90 Å². The smallest absolute Gasteiger partial charge is 0.310 e. The fourth-order valence-electron chi connectivity index (χ4n) is 1.91. The van der Waals surface area contributed by atoms with Gasteiger partial charge >= 0.3 is 5.97 Å². The number of carboxylic acids is 1. The molecule has 0 spiro atoms. The Morgan fingerprint density at radius 3 is 2.25 bits per heavy atom. The van der Waals surface area contributed by atoms with E-state index >= 15 is 0 Å². The molecular weight excluding hydrogens is 210 g/mol. The lowest BCUT2D eigenvalue weighted by atomic mass is 9.85. The summed E-state index contributed by atoms with van der Waals surface area (Å²) in [6.45, 7) is 5.46. The second-order valence-electron chi connectivity index (χ2n) is 4.68. The molecule has 1 atom stereocenters. The summed E-state index contributed by atoms with van der Waals surface area (Å²) < 4.78 is 10.5. The summed E-state index contributed by atoms with van der Waals surface area (Å²) in [7, 11) is 3.22. The monoisotopic (exact) mass is 231 g/mol. The third-order valence-electron chi connectivity index (χ3n) is 3.54. The molecule has 1 unspecified atom stereocenters. The Hall–Kier alpha value is -0.650. The quantitative estimate of drug-likeness (QED) is 0.685. The van der Waals surface area contributed by atoms with Crippen molar-refractivity contribution in [1.29, 1.82) is 0 Å². The van der Waals surface area contributed by atoms with E-state index in [-0.39, 0.29) is 0 Å². The third-order valence-corrected chi connectivity index (χ3v) is 3.54. The Balaban J connectivity index is 2.50. The van der Waals surface area contributed by atoms with Gasteiger partial charge in [-0.3, -0.25) is 9.69 Å². The lowest BCUT2D eigenvalue weighted by molar-refractivity contribution is -0.278. The first-order valence-corrected chi connectivity index (χ1v) is 5.47. The molecule has 16 heavy (non-hydrogen) atoms. The average molecular weight is 231 g/mol. The zero-order valence-electron chi connectivity index (χ0n) is 10.4. The second-order valence-corrected chi connectivity index (χ2v) is 4.68. The molecule has 1 heterocycles. The van der Waals surface area contributed by atoms with E-state index in [9.17, 15) is 4.79 Å². The highest BCUT2D eigenvalue weighted by Crippen LogP contribution is 2.31. The van der Waals surface area contributed by atoms with Crippen LogP contribution in [0.15, 0.2) is 0 Å². The maximum Gasteiger partial charge on any atom is 0.310 e.